The van der Waals surface area contributed by atoms with E-state index in [4.69, 9.17) is 9.47 Å². The van der Waals surface area contributed by atoms with E-state index >= 15 is 0 Å². The minimum atomic E-state index is 0.579. The summed E-state index contributed by atoms with van der Waals surface area (Å²) in [6.45, 7) is 5.59. The van der Waals surface area contributed by atoms with Gasteiger partial charge >= 0.3 is 0 Å². The number of fused-ring (bicyclic) bond motifs is 1. The Labute approximate surface area is 141 Å². The van der Waals surface area contributed by atoms with Crippen LogP contribution in [-0.2, 0) is 0 Å². The SMILES string of the molecule is CC1CCCN(c2ccnc(Nc3ccc4c(c3)OCCO4)n2)C1. The molecule has 0 radical (unpaired) electrons. The van der Waals surface area contributed by atoms with E-state index in [-0.39, 0.29) is 0 Å². The second kappa shape index (κ2) is 6.55. The largest absolute Gasteiger partial charge is 0.486 e. The van der Waals surface area contributed by atoms with Crippen molar-refractivity contribution < 1.29 is 9.47 Å². The fraction of sp³-hybridized carbons (Fsp3) is 0.444. The molecule has 0 amide bonds. The van der Waals surface area contributed by atoms with Gasteiger partial charge in [0.25, 0.3) is 0 Å². The van der Waals surface area contributed by atoms with Crippen LogP contribution < -0.4 is 19.7 Å². The third-order valence-electron chi connectivity index (χ3n) is 4.42. The maximum atomic E-state index is 5.62. The van der Waals surface area contributed by atoms with Gasteiger partial charge in [0.05, 0.1) is 0 Å². The lowest BCUT2D eigenvalue weighted by atomic mass is 10.0. The normalized spacial score (nSPS) is 19.9. The van der Waals surface area contributed by atoms with Crippen LogP contribution >= 0.6 is 0 Å². The molecule has 0 aliphatic carbocycles. The molecular weight excluding hydrogens is 304 g/mol. The van der Waals surface area contributed by atoms with E-state index in [2.05, 4.69) is 27.1 Å². The summed E-state index contributed by atoms with van der Waals surface area (Å²) in [6, 6.07) is 7.76. The molecule has 1 fully saturated rings. The fourth-order valence-corrected chi connectivity index (χ4v) is 3.23. The predicted octanol–water partition coefficient (Wildman–Crippen LogP) is 3.23. The van der Waals surface area contributed by atoms with Crippen molar-refractivity contribution in [1.82, 2.24) is 9.97 Å². The van der Waals surface area contributed by atoms with Crippen molar-refractivity contribution in [2.75, 3.05) is 36.5 Å². The van der Waals surface area contributed by atoms with Gasteiger partial charge in [-0.1, -0.05) is 6.92 Å². The maximum absolute atomic E-state index is 5.62. The molecule has 4 rings (SSSR count). The van der Waals surface area contributed by atoms with E-state index in [9.17, 15) is 0 Å². The summed E-state index contributed by atoms with van der Waals surface area (Å²) in [5.74, 6) is 3.83. The first-order valence-corrected chi connectivity index (χ1v) is 8.52. The molecule has 1 aromatic heterocycles. The third-order valence-corrected chi connectivity index (χ3v) is 4.42. The predicted molar refractivity (Wildman–Crippen MR) is 93.4 cm³/mol. The van der Waals surface area contributed by atoms with E-state index in [0.717, 1.165) is 36.1 Å². The van der Waals surface area contributed by atoms with Crippen LogP contribution in [0.5, 0.6) is 11.5 Å². The van der Waals surface area contributed by atoms with Crippen molar-refractivity contribution in [2.24, 2.45) is 5.92 Å². The summed E-state index contributed by atoms with van der Waals surface area (Å²) in [5, 5.41) is 3.26. The lowest BCUT2D eigenvalue weighted by Gasteiger charge is -2.31. The van der Waals surface area contributed by atoms with E-state index in [1.54, 1.807) is 0 Å². The van der Waals surface area contributed by atoms with Crippen molar-refractivity contribution >= 4 is 17.5 Å². The highest BCUT2D eigenvalue weighted by molar-refractivity contribution is 5.60. The summed E-state index contributed by atoms with van der Waals surface area (Å²) in [5.41, 5.74) is 0.892. The van der Waals surface area contributed by atoms with E-state index in [1.807, 2.05) is 30.5 Å². The summed E-state index contributed by atoms with van der Waals surface area (Å²) < 4.78 is 11.2. The van der Waals surface area contributed by atoms with Crippen molar-refractivity contribution in [2.45, 2.75) is 19.8 Å². The standard InChI is InChI=1S/C18H22N4O2/c1-13-3-2-8-22(12-13)17-6-7-19-18(21-17)20-14-4-5-15-16(11-14)24-10-9-23-15/h4-7,11,13H,2-3,8-10,12H2,1H3,(H,19,20,21). The molecule has 0 bridgehead atoms. The first-order chi connectivity index (χ1) is 11.8. The molecule has 1 atom stereocenters. The molecule has 1 N–H and O–H groups in total. The lowest BCUT2D eigenvalue weighted by molar-refractivity contribution is 0.171. The number of hydrogen-bond donors (Lipinski definition) is 1. The van der Waals surface area contributed by atoms with Crippen LogP contribution in [0.4, 0.5) is 17.5 Å². The smallest absolute Gasteiger partial charge is 0.229 e. The Morgan fingerprint density at radius 3 is 2.92 bits per heavy atom. The van der Waals surface area contributed by atoms with Crippen LogP contribution in [-0.4, -0.2) is 36.3 Å². The average Bonchev–Trinajstić information content (AvgIpc) is 2.62. The van der Waals surface area contributed by atoms with Crippen LogP contribution in [0.1, 0.15) is 19.8 Å². The molecule has 2 aromatic rings. The number of benzene rings is 1. The number of rotatable bonds is 3. The Morgan fingerprint density at radius 2 is 2.04 bits per heavy atom. The van der Waals surface area contributed by atoms with Crippen LogP contribution in [0.15, 0.2) is 30.5 Å². The molecule has 2 aliphatic heterocycles. The van der Waals surface area contributed by atoms with Crippen LogP contribution in [0.3, 0.4) is 0 Å². The van der Waals surface area contributed by atoms with Gasteiger partial charge in [-0.3, -0.25) is 0 Å². The molecule has 0 spiro atoms. The van der Waals surface area contributed by atoms with Gasteiger partial charge in [-0.15, -0.1) is 0 Å². The van der Waals surface area contributed by atoms with Crippen LogP contribution in [0.25, 0.3) is 0 Å². The van der Waals surface area contributed by atoms with E-state index < -0.39 is 0 Å². The van der Waals surface area contributed by atoms with Crippen LogP contribution in [0, 0.1) is 5.92 Å². The lowest BCUT2D eigenvalue weighted by Crippen LogP contribution is -2.34. The van der Waals surface area contributed by atoms with Gasteiger partial charge in [0.2, 0.25) is 5.95 Å². The second-order valence-corrected chi connectivity index (χ2v) is 6.42. The van der Waals surface area contributed by atoms with Crippen molar-refractivity contribution in [1.29, 1.82) is 0 Å². The highest BCUT2D eigenvalue weighted by Crippen LogP contribution is 2.33. The summed E-state index contributed by atoms with van der Waals surface area (Å²) >= 11 is 0. The van der Waals surface area contributed by atoms with E-state index in [0.29, 0.717) is 25.1 Å². The molecule has 1 saturated heterocycles. The minimum Gasteiger partial charge on any atom is -0.486 e. The molecule has 2 aliphatic rings. The van der Waals surface area contributed by atoms with Gasteiger partial charge < -0.3 is 19.7 Å². The molecule has 6 heteroatoms. The number of piperidine rings is 1. The highest BCUT2D eigenvalue weighted by Gasteiger charge is 2.18. The summed E-state index contributed by atoms with van der Waals surface area (Å²) in [4.78, 5) is 11.3. The average molecular weight is 326 g/mol. The zero-order chi connectivity index (χ0) is 16.4. The molecule has 3 heterocycles. The Bertz CT molecular complexity index is 722. The minimum absolute atomic E-state index is 0.579. The number of aromatic nitrogens is 2. The van der Waals surface area contributed by atoms with Gasteiger partial charge in [-0.25, -0.2) is 4.98 Å². The fourth-order valence-electron chi connectivity index (χ4n) is 3.23. The molecule has 6 nitrogen and oxygen atoms in total. The molecule has 126 valence electrons. The maximum Gasteiger partial charge on any atom is 0.229 e. The molecule has 0 saturated carbocycles. The summed E-state index contributed by atoms with van der Waals surface area (Å²) in [6.07, 6.45) is 4.32. The highest BCUT2D eigenvalue weighted by atomic mass is 16.6. The van der Waals surface area contributed by atoms with Gasteiger partial charge in [-0.05, 0) is 37.0 Å². The van der Waals surface area contributed by atoms with Crippen molar-refractivity contribution in [3.63, 3.8) is 0 Å². The van der Waals surface area contributed by atoms with E-state index in [1.165, 1.54) is 12.8 Å². The number of anilines is 3. The van der Waals surface area contributed by atoms with Crippen molar-refractivity contribution in [3.8, 4) is 11.5 Å². The number of nitrogens with zero attached hydrogens (tertiary/aromatic N) is 3. The van der Waals surface area contributed by atoms with Gasteiger partial charge in [0.1, 0.15) is 19.0 Å². The number of hydrogen-bond acceptors (Lipinski definition) is 6. The first kappa shape index (κ1) is 15.1. The molecular formula is C18H22N4O2. The number of nitrogens with one attached hydrogen (secondary N) is 1. The monoisotopic (exact) mass is 326 g/mol. The second-order valence-electron chi connectivity index (χ2n) is 6.42. The third kappa shape index (κ3) is 3.22. The molecule has 1 unspecified atom stereocenters. The first-order valence-electron chi connectivity index (χ1n) is 8.52. The van der Waals surface area contributed by atoms with Crippen molar-refractivity contribution in [3.05, 3.63) is 30.5 Å². The zero-order valence-electron chi connectivity index (χ0n) is 13.9. The Morgan fingerprint density at radius 1 is 1.17 bits per heavy atom. The number of ether oxygens (including phenoxy) is 2. The zero-order valence-corrected chi connectivity index (χ0v) is 13.9. The Hall–Kier alpha value is -2.50. The van der Waals surface area contributed by atoms with Crippen LogP contribution in [0.2, 0.25) is 0 Å². The topological polar surface area (TPSA) is 59.5 Å². The van der Waals surface area contributed by atoms with Gasteiger partial charge in [-0.2, -0.15) is 4.98 Å². The van der Waals surface area contributed by atoms with Gasteiger partial charge in [0.15, 0.2) is 11.5 Å². The van der Waals surface area contributed by atoms with Gasteiger partial charge in [0, 0.05) is 31.0 Å². The summed E-state index contributed by atoms with van der Waals surface area (Å²) in [7, 11) is 0. The Kier molecular flexibility index (Phi) is 4.11. The molecule has 24 heavy (non-hydrogen) atoms. The quantitative estimate of drug-likeness (QED) is 0.934. The molecule has 1 aromatic carbocycles. The Balaban J connectivity index is 1.51.